The standard InChI is InChI=1S/C14H9N2S.C8H5.Pt/c1-2-9-15-11(5-1)12-6-3-7-13(16-12)14-8-4-10-17-14;1-2-8-6-4-3-5-7-8;/h1-7,9-10H;3-7H;/q2*-1;+2. The van der Waals surface area contributed by atoms with Crippen molar-refractivity contribution in [2.45, 2.75) is 0 Å². The van der Waals surface area contributed by atoms with Crippen LogP contribution in [0.25, 0.3) is 22.0 Å². The van der Waals surface area contributed by atoms with Crippen molar-refractivity contribution in [3.63, 3.8) is 0 Å². The Bertz CT molecular complexity index is 946. The van der Waals surface area contributed by atoms with E-state index < -0.39 is 0 Å². The molecule has 0 radical (unpaired) electrons. The fourth-order valence-corrected chi connectivity index (χ4v) is 2.76. The monoisotopic (exact) mass is 533 g/mol. The maximum Gasteiger partial charge on any atom is 2.00 e. The number of aromatic nitrogens is 2. The minimum absolute atomic E-state index is 0. The molecular weight excluding hydrogens is 519 g/mol. The summed E-state index contributed by atoms with van der Waals surface area (Å²) in [6, 6.07) is 26.2. The molecule has 2 nitrogen and oxygen atoms in total. The molecule has 3 heterocycles. The number of rotatable bonds is 2. The molecule has 128 valence electrons. The van der Waals surface area contributed by atoms with Crippen LogP contribution in [0.3, 0.4) is 0 Å². The van der Waals surface area contributed by atoms with Gasteiger partial charge in [0, 0.05) is 6.20 Å². The van der Waals surface area contributed by atoms with E-state index in [0.717, 1.165) is 27.5 Å². The van der Waals surface area contributed by atoms with Gasteiger partial charge in [-0.1, -0.05) is 41.3 Å². The molecule has 0 atom stereocenters. The van der Waals surface area contributed by atoms with Crippen LogP contribution < -0.4 is 0 Å². The summed E-state index contributed by atoms with van der Waals surface area (Å²) in [6.07, 6.45) is 8.47. The summed E-state index contributed by atoms with van der Waals surface area (Å²) in [7, 11) is 0. The fraction of sp³-hybridized carbons (Fsp3) is 0. The van der Waals surface area contributed by atoms with E-state index in [9.17, 15) is 0 Å². The average Bonchev–Trinajstić information content (AvgIpc) is 3.25. The molecule has 0 fully saturated rings. The molecule has 0 unspecified atom stereocenters. The van der Waals surface area contributed by atoms with Crippen molar-refractivity contribution in [1.82, 2.24) is 9.97 Å². The van der Waals surface area contributed by atoms with E-state index in [1.165, 1.54) is 0 Å². The Morgan fingerprint density at radius 3 is 2.19 bits per heavy atom. The van der Waals surface area contributed by atoms with E-state index >= 15 is 0 Å². The number of benzene rings is 1. The molecule has 3 aromatic heterocycles. The summed E-state index contributed by atoms with van der Waals surface area (Å²) >= 11 is 1.64. The summed E-state index contributed by atoms with van der Waals surface area (Å²) < 4.78 is 0. The molecule has 0 bridgehead atoms. The summed E-state index contributed by atoms with van der Waals surface area (Å²) in [4.78, 5) is 9.96. The normalized spacial score (nSPS) is 9.19. The van der Waals surface area contributed by atoms with Crippen molar-refractivity contribution >= 4 is 11.3 Å². The third kappa shape index (κ3) is 5.49. The van der Waals surface area contributed by atoms with Crippen molar-refractivity contribution in [1.29, 1.82) is 0 Å². The molecule has 4 rings (SSSR count). The topological polar surface area (TPSA) is 25.8 Å². The number of pyridine rings is 2. The number of thiophene rings is 1. The SMILES string of the molecule is [C-]#Cc1ccccc1.[Pt+2].[c-]1ccsc1-c1cccc(-c2ccccn2)n1. The van der Waals surface area contributed by atoms with E-state index in [4.69, 9.17) is 6.42 Å². The fourth-order valence-electron chi connectivity index (χ4n) is 2.12. The maximum absolute atomic E-state index is 6.69. The summed E-state index contributed by atoms with van der Waals surface area (Å²) in [5, 5.41) is 2.00. The Morgan fingerprint density at radius 1 is 0.846 bits per heavy atom. The van der Waals surface area contributed by atoms with Crippen LogP contribution in [0.4, 0.5) is 0 Å². The van der Waals surface area contributed by atoms with Crippen LogP contribution in [0.1, 0.15) is 5.56 Å². The van der Waals surface area contributed by atoms with Crippen LogP contribution in [0, 0.1) is 18.4 Å². The zero-order valence-electron chi connectivity index (χ0n) is 13.7. The molecule has 0 aliphatic carbocycles. The first-order chi connectivity index (χ1) is 12.4. The van der Waals surface area contributed by atoms with E-state index in [-0.39, 0.29) is 21.1 Å². The Hall–Kier alpha value is -2.53. The molecule has 0 spiro atoms. The molecule has 0 saturated carbocycles. The number of hydrogen-bond donors (Lipinski definition) is 0. The van der Waals surface area contributed by atoms with E-state index in [2.05, 4.69) is 22.0 Å². The van der Waals surface area contributed by atoms with Gasteiger partial charge in [-0.3, -0.25) is 10.9 Å². The van der Waals surface area contributed by atoms with Gasteiger partial charge >= 0.3 is 21.1 Å². The summed E-state index contributed by atoms with van der Waals surface area (Å²) in [5.74, 6) is 2.28. The van der Waals surface area contributed by atoms with Crippen molar-refractivity contribution in [2.75, 3.05) is 0 Å². The third-order valence-corrected chi connectivity index (χ3v) is 4.13. The number of nitrogens with zero attached hydrogens (tertiary/aromatic N) is 2. The van der Waals surface area contributed by atoms with Crippen LogP contribution in [-0.4, -0.2) is 9.97 Å². The zero-order valence-corrected chi connectivity index (χ0v) is 16.8. The second kappa shape index (κ2) is 10.5. The van der Waals surface area contributed by atoms with Gasteiger partial charge in [-0.25, -0.2) is 11.3 Å². The molecule has 26 heavy (non-hydrogen) atoms. The van der Waals surface area contributed by atoms with Crippen molar-refractivity contribution in [3.05, 3.63) is 102 Å². The molecular formula is C22H14N2PtS. The molecule has 0 aliphatic heterocycles. The molecule has 4 heteroatoms. The minimum atomic E-state index is 0. The third-order valence-electron chi connectivity index (χ3n) is 3.30. The summed E-state index contributed by atoms with van der Waals surface area (Å²) in [5.41, 5.74) is 3.56. The van der Waals surface area contributed by atoms with Gasteiger partial charge in [-0.2, -0.15) is 12.1 Å². The zero-order chi connectivity index (χ0) is 17.3. The molecule has 1 aromatic carbocycles. The van der Waals surface area contributed by atoms with Crippen molar-refractivity contribution in [3.8, 4) is 27.9 Å². The molecule has 4 aromatic rings. The second-order valence-corrected chi connectivity index (χ2v) is 5.92. The van der Waals surface area contributed by atoms with Crippen molar-refractivity contribution in [2.24, 2.45) is 0 Å². The van der Waals surface area contributed by atoms with E-state index in [1.54, 1.807) is 17.5 Å². The minimum Gasteiger partial charge on any atom is -0.366 e. The van der Waals surface area contributed by atoms with Crippen LogP contribution in [-0.2, 0) is 21.1 Å². The predicted molar refractivity (Wildman–Crippen MR) is 102 cm³/mol. The van der Waals surface area contributed by atoms with Crippen LogP contribution >= 0.6 is 11.3 Å². The Morgan fingerprint density at radius 2 is 1.58 bits per heavy atom. The van der Waals surface area contributed by atoms with Gasteiger partial charge in [-0.15, -0.1) is 23.1 Å². The molecule has 0 amide bonds. The van der Waals surface area contributed by atoms with Gasteiger partial charge in [0.2, 0.25) is 0 Å². The van der Waals surface area contributed by atoms with Gasteiger partial charge in [0.1, 0.15) is 0 Å². The van der Waals surface area contributed by atoms with Gasteiger partial charge in [0.25, 0.3) is 0 Å². The van der Waals surface area contributed by atoms with E-state index in [0.29, 0.717) is 0 Å². The van der Waals surface area contributed by atoms with Crippen LogP contribution in [0.5, 0.6) is 0 Å². The first kappa shape index (κ1) is 19.8. The number of hydrogen-bond acceptors (Lipinski definition) is 3. The molecule has 0 saturated heterocycles. The Balaban J connectivity index is 0.000000230. The first-order valence-electron chi connectivity index (χ1n) is 7.68. The van der Waals surface area contributed by atoms with Gasteiger partial charge in [-0.05, 0) is 23.9 Å². The van der Waals surface area contributed by atoms with E-state index in [1.807, 2.05) is 78.2 Å². The largest absolute Gasteiger partial charge is 2.00 e. The second-order valence-electron chi connectivity index (χ2n) is 5.01. The van der Waals surface area contributed by atoms with Crippen molar-refractivity contribution < 1.29 is 21.1 Å². The molecule has 0 aliphatic rings. The Labute approximate surface area is 172 Å². The summed E-state index contributed by atoms with van der Waals surface area (Å²) in [6.45, 7) is 0. The smallest absolute Gasteiger partial charge is 0.366 e. The van der Waals surface area contributed by atoms with Crippen LogP contribution in [0.2, 0.25) is 0 Å². The van der Waals surface area contributed by atoms with Crippen LogP contribution in [0.15, 0.2) is 84.4 Å². The van der Waals surface area contributed by atoms with Gasteiger partial charge < -0.3 is 11.4 Å². The first-order valence-corrected chi connectivity index (χ1v) is 8.56. The Kier molecular flexibility index (Phi) is 7.96. The quantitative estimate of drug-likeness (QED) is 0.259. The average molecular weight is 534 g/mol. The molecule has 0 N–H and O–H groups in total. The van der Waals surface area contributed by atoms with Gasteiger partial charge in [0.05, 0.1) is 11.4 Å². The van der Waals surface area contributed by atoms with Gasteiger partial charge in [0.15, 0.2) is 0 Å². The maximum atomic E-state index is 6.69. The predicted octanol–water partition coefficient (Wildman–Crippen LogP) is 5.29.